The van der Waals surface area contributed by atoms with E-state index in [0.29, 0.717) is 5.69 Å². The summed E-state index contributed by atoms with van der Waals surface area (Å²) in [6, 6.07) is -1.26. The summed E-state index contributed by atoms with van der Waals surface area (Å²) in [6.45, 7) is 5.05. The van der Waals surface area contributed by atoms with Gasteiger partial charge in [-0.15, -0.1) is 0 Å². The highest BCUT2D eigenvalue weighted by molar-refractivity contribution is 5.80. The molecule has 1 atom stereocenters. The number of nitrogens with one attached hydrogen (secondary N) is 1. The van der Waals surface area contributed by atoms with E-state index in [1.165, 1.54) is 17.1 Å². The number of rotatable bonds is 7. The third kappa shape index (κ3) is 8.96. The molecule has 0 saturated carbocycles. The summed E-state index contributed by atoms with van der Waals surface area (Å²) in [5.41, 5.74) is -0.428. The zero-order valence-electron chi connectivity index (χ0n) is 14.3. The summed E-state index contributed by atoms with van der Waals surface area (Å²) in [5.74, 6) is -1.27. The summed E-state index contributed by atoms with van der Waals surface area (Å²) in [4.78, 5) is 26.9. The van der Waals surface area contributed by atoms with Crippen molar-refractivity contribution in [2.24, 2.45) is 0 Å². The van der Waals surface area contributed by atoms with Crippen molar-refractivity contribution in [3.05, 3.63) is 18.2 Å². The number of imidazole rings is 1. The predicted molar refractivity (Wildman–Crippen MR) is 82.0 cm³/mol. The molecule has 7 nitrogen and oxygen atoms in total. The molecule has 0 spiro atoms. The monoisotopic (exact) mass is 365 g/mol. The molecule has 1 heterocycles. The number of halogens is 3. The standard InChI is InChI=1S/C15H22F3N3O4/c1-14(2,3)25-13(24)20-11(12(22)23)7-10-8-21(9-19-10)6-4-5-15(16,17)18/h8-9,11H,4-7H2,1-3H3,(H,20,24)(H,22,23)/t11-/m0/s1. The van der Waals surface area contributed by atoms with Crippen LogP contribution < -0.4 is 5.32 Å². The van der Waals surface area contributed by atoms with Crippen LogP contribution in [0.2, 0.25) is 0 Å². The number of amides is 1. The smallest absolute Gasteiger partial charge is 0.408 e. The van der Waals surface area contributed by atoms with Crippen molar-refractivity contribution in [2.45, 2.75) is 64.4 Å². The molecule has 0 aliphatic carbocycles. The van der Waals surface area contributed by atoms with Crippen molar-refractivity contribution >= 4 is 12.1 Å². The minimum Gasteiger partial charge on any atom is -0.480 e. The van der Waals surface area contributed by atoms with Crippen LogP contribution in [-0.2, 0) is 22.5 Å². The number of ether oxygens (including phenoxy) is 1. The summed E-state index contributed by atoms with van der Waals surface area (Å²) in [6.07, 6.45) is -3.41. The molecule has 0 fully saturated rings. The van der Waals surface area contributed by atoms with E-state index in [9.17, 15) is 27.9 Å². The predicted octanol–water partition coefficient (Wildman–Crippen LogP) is 2.75. The number of alkyl halides is 3. The first kappa shape index (κ1) is 20.8. The molecule has 25 heavy (non-hydrogen) atoms. The second-order valence-corrected chi connectivity index (χ2v) is 6.56. The zero-order valence-corrected chi connectivity index (χ0v) is 14.3. The first-order valence-corrected chi connectivity index (χ1v) is 7.65. The Bertz CT molecular complexity index is 594. The van der Waals surface area contributed by atoms with Gasteiger partial charge in [0, 0.05) is 25.6 Å². The van der Waals surface area contributed by atoms with Gasteiger partial charge in [0.05, 0.1) is 12.0 Å². The normalized spacial score (nSPS) is 13.4. The van der Waals surface area contributed by atoms with E-state index in [1.54, 1.807) is 20.8 Å². The van der Waals surface area contributed by atoms with Gasteiger partial charge < -0.3 is 19.7 Å². The number of hydrogen-bond donors (Lipinski definition) is 2. The molecule has 0 aliphatic rings. The average molecular weight is 365 g/mol. The lowest BCUT2D eigenvalue weighted by Crippen LogP contribution is -2.44. The van der Waals surface area contributed by atoms with Crippen LogP contribution in [0.4, 0.5) is 18.0 Å². The first-order valence-electron chi connectivity index (χ1n) is 7.65. The van der Waals surface area contributed by atoms with Crippen LogP contribution in [0.3, 0.4) is 0 Å². The van der Waals surface area contributed by atoms with Gasteiger partial charge in [-0.3, -0.25) is 0 Å². The van der Waals surface area contributed by atoms with Crippen molar-refractivity contribution < 1.29 is 32.6 Å². The molecule has 2 N–H and O–H groups in total. The fourth-order valence-electron chi connectivity index (χ4n) is 1.96. The van der Waals surface area contributed by atoms with Gasteiger partial charge in [0.25, 0.3) is 0 Å². The molecule has 0 saturated heterocycles. The molecular weight excluding hydrogens is 343 g/mol. The van der Waals surface area contributed by atoms with Gasteiger partial charge in [0.1, 0.15) is 11.6 Å². The van der Waals surface area contributed by atoms with Crippen molar-refractivity contribution in [2.75, 3.05) is 0 Å². The Balaban J connectivity index is 2.59. The molecule has 0 unspecified atom stereocenters. The lowest BCUT2D eigenvalue weighted by Gasteiger charge is -2.21. The van der Waals surface area contributed by atoms with Crippen LogP contribution in [0.15, 0.2) is 12.5 Å². The third-order valence-corrected chi connectivity index (χ3v) is 2.97. The van der Waals surface area contributed by atoms with Crippen molar-refractivity contribution in [1.82, 2.24) is 14.9 Å². The van der Waals surface area contributed by atoms with Gasteiger partial charge >= 0.3 is 18.2 Å². The van der Waals surface area contributed by atoms with Gasteiger partial charge in [0.15, 0.2) is 0 Å². The second kappa shape index (κ2) is 8.21. The van der Waals surface area contributed by atoms with E-state index in [0.717, 1.165) is 0 Å². The van der Waals surface area contributed by atoms with E-state index in [-0.39, 0.29) is 19.4 Å². The van der Waals surface area contributed by atoms with Crippen molar-refractivity contribution in [1.29, 1.82) is 0 Å². The van der Waals surface area contributed by atoms with Crippen LogP contribution in [-0.4, -0.2) is 44.5 Å². The largest absolute Gasteiger partial charge is 0.480 e. The summed E-state index contributed by atoms with van der Waals surface area (Å²) >= 11 is 0. The van der Waals surface area contributed by atoms with Gasteiger partial charge in [-0.2, -0.15) is 13.2 Å². The number of aromatic nitrogens is 2. The molecule has 1 aromatic rings. The maximum Gasteiger partial charge on any atom is 0.408 e. The summed E-state index contributed by atoms with van der Waals surface area (Å²) in [7, 11) is 0. The van der Waals surface area contributed by atoms with Gasteiger partial charge in [0.2, 0.25) is 0 Å². The van der Waals surface area contributed by atoms with Crippen molar-refractivity contribution in [3.8, 4) is 0 Å². The van der Waals surface area contributed by atoms with Crippen LogP contribution in [0.1, 0.15) is 39.3 Å². The van der Waals surface area contributed by atoms with E-state index in [1.807, 2.05) is 0 Å². The molecule has 0 bridgehead atoms. The number of hydrogen-bond acceptors (Lipinski definition) is 4. The number of carboxylic acids is 1. The highest BCUT2D eigenvalue weighted by Crippen LogP contribution is 2.21. The molecule has 0 aromatic carbocycles. The van der Waals surface area contributed by atoms with Gasteiger partial charge in [-0.1, -0.05) is 0 Å². The summed E-state index contributed by atoms with van der Waals surface area (Å²) < 4.78 is 42.8. The molecule has 142 valence electrons. The number of carbonyl (C=O) groups excluding carboxylic acids is 1. The van der Waals surface area contributed by atoms with E-state index >= 15 is 0 Å². The lowest BCUT2D eigenvalue weighted by molar-refractivity contribution is -0.139. The number of carboxylic acid groups (broad SMARTS) is 1. The van der Waals surface area contributed by atoms with Crippen LogP contribution in [0, 0.1) is 0 Å². The minimum absolute atomic E-state index is 0.0994. The highest BCUT2D eigenvalue weighted by Gasteiger charge is 2.27. The topological polar surface area (TPSA) is 93.5 Å². The molecule has 10 heteroatoms. The SMILES string of the molecule is CC(C)(C)OC(=O)N[C@@H](Cc1cn(CCCC(F)(F)F)cn1)C(=O)O. The molecule has 1 amide bonds. The number of aliphatic carboxylic acids is 1. The van der Waals surface area contributed by atoms with Crippen LogP contribution in [0.25, 0.3) is 0 Å². The minimum atomic E-state index is -4.21. The van der Waals surface area contributed by atoms with Gasteiger partial charge in [-0.25, -0.2) is 14.6 Å². The molecule has 0 radical (unpaired) electrons. The first-order chi connectivity index (χ1) is 11.4. The van der Waals surface area contributed by atoms with E-state index < -0.39 is 36.3 Å². The molecule has 1 rings (SSSR count). The maximum atomic E-state index is 12.1. The van der Waals surface area contributed by atoms with Crippen molar-refractivity contribution in [3.63, 3.8) is 0 Å². The molecule has 1 aromatic heterocycles. The Kier molecular flexibility index (Phi) is 6.83. The number of nitrogens with zero attached hydrogens (tertiary/aromatic N) is 2. The Morgan fingerprint density at radius 2 is 2.00 bits per heavy atom. The Hall–Kier alpha value is -2.26. The molecular formula is C15H22F3N3O4. The zero-order chi connectivity index (χ0) is 19.3. The quantitative estimate of drug-likeness (QED) is 0.775. The number of carbonyl (C=O) groups is 2. The van der Waals surface area contributed by atoms with E-state index in [4.69, 9.17) is 4.74 Å². The summed E-state index contributed by atoms with van der Waals surface area (Å²) in [5, 5.41) is 11.4. The Labute approximate surface area is 143 Å². The fraction of sp³-hybridized carbons (Fsp3) is 0.667. The Morgan fingerprint density at radius 1 is 1.36 bits per heavy atom. The van der Waals surface area contributed by atoms with E-state index in [2.05, 4.69) is 10.3 Å². The third-order valence-electron chi connectivity index (χ3n) is 2.97. The van der Waals surface area contributed by atoms with Crippen LogP contribution in [0.5, 0.6) is 0 Å². The molecule has 0 aliphatic heterocycles. The van der Waals surface area contributed by atoms with Gasteiger partial charge in [-0.05, 0) is 27.2 Å². The second-order valence-electron chi connectivity index (χ2n) is 6.56. The maximum absolute atomic E-state index is 12.1. The lowest BCUT2D eigenvalue weighted by atomic mass is 10.1. The highest BCUT2D eigenvalue weighted by atomic mass is 19.4. The fourth-order valence-corrected chi connectivity index (χ4v) is 1.96. The Morgan fingerprint density at radius 3 is 2.52 bits per heavy atom. The number of aryl methyl sites for hydroxylation is 1. The average Bonchev–Trinajstić information content (AvgIpc) is 2.81. The van der Waals surface area contributed by atoms with Crippen LogP contribution >= 0.6 is 0 Å². The number of alkyl carbamates (subject to hydrolysis) is 1.